The van der Waals surface area contributed by atoms with Crippen molar-refractivity contribution in [2.24, 2.45) is 16.8 Å². The summed E-state index contributed by atoms with van der Waals surface area (Å²) in [5, 5.41) is 6.11. The van der Waals surface area contributed by atoms with Gasteiger partial charge in [-0.3, -0.25) is 10.1 Å². The zero-order valence-corrected chi connectivity index (χ0v) is 16.0. The lowest BCUT2D eigenvalue weighted by Crippen LogP contribution is -2.44. The highest BCUT2D eigenvalue weighted by Crippen LogP contribution is 2.39. The lowest BCUT2D eigenvalue weighted by Gasteiger charge is -2.35. The lowest BCUT2D eigenvalue weighted by atomic mass is 9.78. The minimum Gasteiger partial charge on any atom is -0.423 e. The summed E-state index contributed by atoms with van der Waals surface area (Å²) in [6, 6.07) is 9.98. The van der Waals surface area contributed by atoms with Gasteiger partial charge in [0.25, 0.3) is 0 Å². The third kappa shape index (κ3) is 3.34. The van der Waals surface area contributed by atoms with Crippen molar-refractivity contribution in [3.63, 3.8) is 0 Å². The first-order valence-corrected chi connectivity index (χ1v) is 9.64. The van der Waals surface area contributed by atoms with Crippen molar-refractivity contribution in [2.75, 3.05) is 5.32 Å². The molecule has 1 aliphatic heterocycles. The van der Waals surface area contributed by atoms with Crippen LogP contribution in [0.25, 0.3) is 11.1 Å². The molecule has 2 aromatic carbocycles. The van der Waals surface area contributed by atoms with Crippen molar-refractivity contribution in [1.29, 1.82) is 0 Å². The van der Waals surface area contributed by atoms with E-state index in [1.54, 1.807) is 6.07 Å². The monoisotopic (exact) mass is 408 g/mol. The maximum absolute atomic E-state index is 13.9. The van der Waals surface area contributed by atoms with E-state index in [0.717, 1.165) is 6.07 Å². The number of benzene rings is 2. The number of hydrogen-bond donors (Lipinski definition) is 2. The summed E-state index contributed by atoms with van der Waals surface area (Å²) in [4.78, 5) is 21.7. The molecule has 5 rings (SSSR count). The van der Waals surface area contributed by atoms with Crippen LogP contribution < -0.4 is 10.6 Å². The van der Waals surface area contributed by atoms with E-state index >= 15 is 0 Å². The van der Waals surface area contributed by atoms with Crippen molar-refractivity contribution in [3.8, 4) is 0 Å². The van der Waals surface area contributed by atoms with Gasteiger partial charge in [0.05, 0.1) is 12.0 Å². The maximum Gasteiger partial charge on any atom is 0.302 e. The quantitative estimate of drug-likeness (QED) is 0.660. The number of rotatable bonds is 2. The van der Waals surface area contributed by atoms with E-state index in [9.17, 15) is 13.6 Å². The zero-order chi connectivity index (χ0) is 20.8. The number of guanidine groups is 1. The van der Waals surface area contributed by atoms with E-state index in [0.29, 0.717) is 34.7 Å². The molecule has 30 heavy (non-hydrogen) atoms. The first-order valence-electron chi connectivity index (χ1n) is 9.64. The summed E-state index contributed by atoms with van der Waals surface area (Å²) in [6.07, 6.45) is 2.31. The second kappa shape index (κ2) is 7.05. The highest BCUT2D eigenvalue weighted by molar-refractivity contribution is 5.98. The molecule has 0 radical (unpaired) electrons. The number of carbonyl (C=O) groups is 1. The van der Waals surface area contributed by atoms with Crippen molar-refractivity contribution in [3.05, 3.63) is 71.4 Å². The van der Waals surface area contributed by atoms with E-state index in [1.165, 1.54) is 12.1 Å². The highest BCUT2D eigenvalue weighted by Gasteiger charge is 2.40. The minimum atomic E-state index is -0.769. The number of ketones is 1. The molecule has 3 unspecified atom stereocenters. The fraction of sp³-hybridized carbons (Fsp3) is 0.227. The second-order valence-electron chi connectivity index (χ2n) is 7.61. The molecule has 0 bridgehead atoms. The number of fused-ring (bicyclic) bond motifs is 2. The van der Waals surface area contributed by atoms with Crippen molar-refractivity contribution in [1.82, 2.24) is 10.3 Å². The summed E-state index contributed by atoms with van der Waals surface area (Å²) in [7, 11) is 0. The number of halogens is 2. The fourth-order valence-electron chi connectivity index (χ4n) is 4.04. The van der Waals surface area contributed by atoms with Crippen molar-refractivity contribution < 1.29 is 18.0 Å². The van der Waals surface area contributed by atoms with Crippen LogP contribution >= 0.6 is 0 Å². The molecule has 8 heteroatoms. The number of nitrogens with zero attached hydrogens (tertiary/aromatic N) is 2. The van der Waals surface area contributed by atoms with Crippen molar-refractivity contribution >= 4 is 28.9 Å². The fourth-order valence-corrected chi connectivity index (χ4v) is 4.04. The Hall–Kier alpha value is -3.55. The van der Waals surface area contributed by atoms with Gasteiger partial charge in [0.2, 0.25) is 5.96 Å². The molecule has 2 heterocycles. The van der Waals surface area contributed by atoms with Crippen LogP contribution in [-0.4, -0.2) is 16.7 Å². The molecule has 6 nitrogen and oxygen atoms in total. The van der Waals surface area contributed by atoms with E-state index in [2.05, 4.69) is 20.6 Å². The molecule has 0 spiro atoms. The topological polar surface area (TPSA) is 79.5 Å². The maximum atomic E-state index is 13.9. The van der Waals surface area contributed by atoms with Crippen LogP contribution in [-0.2, 0) is 4.79 Å². The van der Waals surface area contributed by atoms with Gasteiger partial charge in [-0.15, -0.1) is 0 Å². The van der Waals surface area contributed by atoms with Crippen LogP contribution in [0.3, 0.4) is 0 Å². The van der Waals surface area contributed by atoms with Crippen LogP contribution in [0, 0.1) is 23.5 Å². The Morgan fingerprint density at radius 2 is 1.93 bits per heavy atom. The van der Waals surface area contributed by atoms with Crippen LogP contribution in [0.15, 0.2) is 63.6 Å². The number of aliphatic imine (C=N–C) groups is 1. The third-order valence-electron chi connectivity index (χ3n) is 5.26. The standard InChI is InChI=1S/C22H18F2N4O2/c1-11-6-16-19(17(29)7-11)20(12-8-13(23)10-14(24)9-12)27-21(25-16)28-22-26-15-4-2-3-5-18(15)30-22/h2-6,8-11,19-20H,7H2,1H3,(H2,25,26,27,28). The van der Waals surface area contributed by atoms with Gasteiger partial charge in [-0.05, 0) is 35.7 Å². The number of carbonyl (C=O) groups excluding carboxylic acids is 1. The number of aromatic nitrogens is 1. The van der Waals surface area contributed by atoms with E-state index in [1.807, 2.05) is 31.2 Å². The summed E-state index contributed by atoms with van der Waals surface area (Å²) >= 11 is 0. The van der Waals surface area contributed by atoms with Crippen LogP contribution in [0.4, 0.5) is 14.8 Å². The normalized spacial score (nSPS) is 23.4. The Morgan fingerprint density at radius 1 is 1.17 bits per heavy atom. The SMILES string of the molecule is CC1C=C2NC(Nc3nc4ccccc4o3)=NC(c3cc(F)cc(F)c3)C2C(=O)C1. The summed E-state index contributed by atoms with van der Waals surface area (Å²) in [5.41, 5.74) is 2.24. The predicted molar refractivity (Wildman–Crippen MR) is 108 cm³/mol. The molecule has 3 aromatic rings. The summed E-state index contributed by atoms with van der Waals surface area (Å²) in [6.45, 7) is 1.94. The van der Waals surface area contributed by atoms with Gasteiger partial charge in [0.15, 0.2) is 5.58 Å². The lowest BCUT2D eigenvalue weighted by molar-refractivity contribution is -0.123. The van der Waals surface area contributed by atoms with Gasteiger partial charge in [-0.25, -0.2) is 13.8 Å². The Balaban J connectivity index is 1.56. The van der Waals surface area contributed by atoms with Crippen molar-refractivity contribution in [2.45, 2.75) is 19.4 Å². The van der Waals surface area contributed by atoms with Gasteiger partial charge >= 0.3 is 6.01 Å². The molecule has 0 amide bonds. The molecular formula is C22H18F2N4O2. The van der Waals surface area contributed by atoms with Gasteiger partial charge < -0.3 is 9.73 Å². The van der Waals surface area contributed by atoms with Crippen LogP contribution in [0.2, 0.25) is 0 Å². The van der Waals surface area contributed by atoms with Gasteiger partial charge in [-0.2, -0.15) is 4.98 Å². The first kappa shape index (κ1) is 18.5. The molecule has 3 atom stereocenters. The number of Topliss-reactive ketones (excluding diaryl/α,β-unsaturated/α-hetero) is 1. The number of oxazole rings is 1. The molecule has 0 saturated heterocycles. The van der Waals surface area contributed by atoms with Crippen LogP contribution in [0.5, 0.6) is 0 Å². The highest BCUT2D eigenvalue weighted by atomic mass is 19.1. The molecule has 0 saturated carbocycles. The largest absolute Gasteiger partial charge is 0.423 e. The number of allylic oxidation sites excluding steroid dienone is 1. The Bertz CT molecular complexity index is 1160. The Kier molecular flexibility index (Phi) is 4.34. The second-order valence-corrected chi connectivity index (χ2v) is 7.61. The number of hydrogen-bond acceptors (Lipinski definition) is 6. The number of para-hydroxylation sites is 2. The van der Waals surface area contributed by atoms with E-state index in [4.69, 9.17) is 4.42 Å². The smallest absolute Gasteiger partial charge is 0.302 e. The van der Waals surface area contributed by atoms with E-state index in [-0.39, 0.29) is 17.7 Å². The average Bonchev–Trinajstić information content (AvgIpc) is 3.08. The molecule has 152 valence electrons. The average molecular weight is 408 g/mol. The van der Waals surface area contributed by atoms with Gasteiger partial charge in [-0.1, -0.05) is 25.1 Å². The Morgan fingerprint density at radius 3 is 2.70 bits per heavy atom. The zero-order valence-electron chi connectivity index (χ0n) is 16.0. The molecular weight excluding hydrogens is 390 g/mol. The molecule has 2 aliphatic rings. The Labute approximate surface area is 170 Å². The third-order valence-corrected chi connectivity index (χ3v) is 5.26. The molecule has 1 aromatic heterocycles. The van der Waals surface area contributed by atoms with Gasteiger partial charge in [0, 0.05) is 18.2 Å². The number of nitrogens with one attached hydrogen (secondary N) is 2. The summed E-state index contributed by atoms with van der Waals surface area (Å²) in [5.74, 6) is -1.74. The van der Waals surface area contributed by atoms with Crippen LogP contribution in [0.1, 0.15) is 24.9 Å². The molecule has 2 N–H and O–H groups in total. The van der Waals surface area contributed by atoms with Gasteiger partial charge in [0.1, 0.15) is 22.9 Å². The van der Waals surface area contributed by atoms with E-state index < -0.39 is 23.6 Å². The summed E-state index contributed by atoms with van der Waals surface area (Å²) < 4.78 is 33.4. The molecule has 1 aliphatic carbocycles. The predicted octanol–water partition coefficient (Wildman–Crippen LogP) is 4.33. The first-order chi connectivity index (χ1) is 14.5. The number of anilines is 1. The molecule has 0 fully saturated rings. The minimum absolute atomic E-state index is 0.0215.